The average Bonchev–Trinajstić information content (AvgIpc) is 2.36. The molecule has 0 aliphatic carbocycles. The van der Waals surface area contributed by atoms with E-state index in [-0.39, 0.29) is 12.1 Å². The molecule has 1 aromatic carbocycles. The van der Waals surface area contributed by atoms with Crippen LogP contribution in [0, 0.1) is 0 Å². The van der Waals surface area contributed by atoms with E-state index in [0.29, 0.717) is 0 Å². The van der Waals surface area contributed by atoms with Gasteiger partial charge in [-0.1, -0.05) is 18.2 Å². The Morgan fingerprint density at radius 3 is 3.00 bits per heavy atom. The molecule has 1 heterocycles. The lowest BCUT2D eigenvalue weighted by atomic mass is 10.0. The molecule has 1 aliphatic heterocycles. The van der Waals surface area contributed by atoms with Gasteiger partial charge in [0, 0.05) is 17.6 Å². The van der Waals surface area contributed by atoms with Crippen molar-refractivity contribution in [3.8, 4) is 5.75 Å². The molecule has 0 saturated carbocycles. The molecule has 0 aromatic heterocycles. The summed E-state index contributed by atoms with van der Waals surface area (Å²) in [6.45, 7) is 5.65. The number of rotatable bonds is 4. The number of aliphatic hydroxyl groups excluding tert-OH is 1. The maximum Gasteiger partial charge on any atom is 0.126 e. The molecular weight excluding hydrogens is 214 g/mol. The second-order valence-electron chi connectivity index (χ2n) is 5.25. The first-order valence-electron chi connectivity index (χ1n) is 6.22. The number of ether oxygens (including phenoxy) is 1. The van der Waals surface area contributed by atoms with Crippen LogP contribution in [0.1, 0.15) is 31.4 Å². The lowest BCUT2D eigenvalue weighted by molar-refractivity contribution is 0.186. The van der Waals surface area contributed by atoms with Gasteiger partial charge in [-0.05, 0) is 32.3 Å². The van der Waals surface area contributed by atoms with E-state index >= 15 is 0 Å². The fraction of sp³-hybridized carbons (Fsp3) is 0.571. The van der Waals surface area contributed by atoms with Crippen LogP contribution in [0.3, 0.4) is 0 Å². The summed E-state index contributed by atoms with van der Waals surface area (Å²) >= 11 is 0. The second-order valence-corrected chi connectivity index (χ2v) is 5.25. The van der Waals surface area contributed by atoms with Crippen molar-refractivity contribution in [2.24, 2.45) is 0 Å². The largest absolute Gasteiger partial charge is 0.493 e. The Morgan fingerprint density at radius 1 is 1.41 bits per heavy atom. The Hall–Kier alpha value is -1.06. The third-order valence-electron chi connectivity index (χ3n) is 3.17. The molecule has 0 fully saturated rings. The van der Waals surface area contributed by atoms with Crippen LogP contribution >= 0.6 is 0 Å². The number of fused-ring (bicyclic) bond motifs is 1. The summed E-state index contributed by atoms with van der Waals surface area (Å²) in [5.74, 6) is 1.04. The van der Waals surface area contributed by atoms with Gasteiger partial charge < -0.3 is 15.2 Å². The van der Waals surface area contributed by atoms with Crippen molar-refractivity contribution in [2.45, 2.75) is 38.8 Å². The molecule has 17 heavy (non-hydrogen) atoms. The van der Waals surface area contributed by atoms with Gasteiger partial charge >= 0.3 is 0 Å². The van der Waals surface area contributed by atoms with Crippen molar-refractivity contribution < 1.29 is 9.84 Å². The Kier molecular flexibility index (Phi) is 3.69. The zero-order valence-corrected chi connectivity index (χ0v) is 10.6. The van der Waals surface area contributed by atoms with Gasteiger partial charge in [0.15, 0.2) is 0 Å². The Balaban J connectivity index is 2.11. The highest BCUT2D eigenvalue weighted by Crippen LogP contribution is 2.29. The number of hydrogen-bond donors (Lipinski definition) is 2. The number of hydrogen-bond acceptors (Lipinski definition) is 3. The van der Waals surface area contributed by atoms with Crippen LogP contribution in [-0.2, 0) is 13.0 Å². The summed E-state index contributed by atoms with van der Waals surface area (Å²) in [5.41, 5.74) is 2.23. The van der Waals surface area contributed by atoms with Crippen LogP contribution in [0.15, 0.2) is 18.2 Å². The molecule has 3 nitrogen and oxygen atoms in total. The number of nitrogens with one attached hydrogen (secondary N) is 1. The van der Waals surface area contributed by atoms with Gasteiger partial charge in [0.25, 0.3) is 0 Å². The molecule has 0 amide bonds. The Morgan fingerprint density at radius 2 is 2.24 bits per heavy atom. The maximum absolute atomic E-state index is 9.22. The highest BCUT2D eigenvalue weighted by Gasteiger charge is 2.18. The summed E-state index contributed by atoms with van der Waals surface area (Å²) in [6, 6.07) is 6.30. The van der Waals surface area contributed by atoms with Gasteiger partial charge in [0.2, 0.25) is 0 Å². The standard InChI is InChI=1S/C14H21NO2/c1-14(2,10-16)15-9-12-6-3-5-11-7-4-8-17-13(11)12/h3,5-6,15-16H,4,7-10H2,1-2H3. The molecule has 0 saturated heterocycles. The first-order valence-corrected chi connectivity index (χ1v) is 6.22. The van der Waals surface area contributed by atoms with E-state index < -0.39 is 0 Å². The van der Waals surface area contributed by atoms with Crippen LogP contribution in [0.5, 0.6) is 5.75 Å². The van der Waals surface area contributed by atoms with E-state index in [4.69, 9.17) is 4.74 Å². The predicted molar refractivity (Wildman–Crippen MR) is 68.3 cm³/mol. The highest BCUT2D eigenvalue weighted by atomic mass is 16.5. The average molecular weight is 235 g/mol. The van der Waals surface area contributed by atoms with E-state index in [9.17, 15) is 5.11 Å². The van der Waals surface area contributed by atoms with Gasteiger partial charge in [-0.2, -0.15) is 0 Å². The number of para-hydroxylation sites is 1. The molecule has 2 rings (SSSR count). The molecule has 0 radical (unpaired) electrons. The number of aliphatic hydroxyl groups is 1. The van der Waals surface area contributed by atoms with Crippen LogP contribution in [0.25, 0.3) is 0 Å². The van der Waals surface area contributed by atoms with E-state index in [2.05, 4.69) is 23.5 Å². The van der Waals surface area contributed by atoms with Crippen molar-refractivity contribution in [1.29, 1.82) is 0 Å². The van der Waals surface area contributed by atoms with Gasteiger partial charge in [-0.3, -0.25) is 0 Å². The molecule has 94 valence electrons. The van der Waals surface area contributed by atoms with Crippen LogP contribution in [0.2, 0.25) is 0 Å². The zero-order chi connectivity index (χ0) is 12.3. The second kappa shape index (κ2) is 5.07. The van der Waals surface area contributed by atoms with Gasteiger partial charge in [-0.15, -0.1) is 0 Å². The Bertz CT molecular complexity index is 388. The molecule has 2 N–H and O–H groups in total. The SMILES string of the molecule is CC(C)(CO)NCc1cccc2c1OCCC2. The fourth-order valence-electron chi connectivity index (χ4n) is 1.99. The minimum absolute atomic E-state index is 0.128. The quantitative estimate of drug-likeness (QED) is 0.837. The molecular formula is C14H21NO2. The highest BCUT2D eigenvalue weighted by molar-refractivity contribution is 5.42. The van der Waals surface area contributed by atoms with Crippen LogP contribution in [0.4, 0.5) is 0 Å². The van der Waals surface area contributed by atoms with E-state index in [1.807, 2.05) is 13.8 Å². The van der Waals surface area contributed by atoms with Crippen molar-refractivity contribution in [2.75, 3.05) is 13.2 Å². The van der Waals surface area contributed by atoms with Gasteiger partial charge in [0.05, 0.1) is 13.2 Å². The van der Waals surface area contributed by atoms with Gasteiger partial charge in [0.1, 0.15) is 5.75 Å². The van der Waals surface area contributed by atoms with E-state index in [1.165, 1.54) is 11.1 Å². The maximum atomic E-state index is 9.22. The molecule has 0 bridgehead atoms. The lowest BCUT2D eigenvalue weighted by Crippen LogP contribution is -2.42. The first-order chi connectivity index (χ1) is 8.12. The predicted octanol–water partition coefficient (Wildman–Crippen LogP) is 1.87. The molecule has 0 atom stereocenters. The molecule has 1 aromatic rings. The topological polar surface area (TPSA) is 41.5 Å². The van der Waals surface area contributed by atoms with Crippen molar-refractivity contribution in [3.05, 3.63) is 29.3 Å². The van der Waals surface area contributed by atoms with Crippen molar-refractivity contribution in [1.82, 2.24) is 5.32 Å². The molecule has 0 unspecified atom stereocenters. The molecule has 1 aliphatic rings. The number of aryl methyl sites for hydroxylation is 1. The van der Waals surface area contributed by atoms with Crippen molar-refractivity contribution >= 4 is 0 Å². The third-order valence-corrected chi connectivity index (χ3v) is 3.17. The normalized spacial score (nSPS) is 15.2. The Labute approximate surface area is 103 Å². The first kappa shape index (κ1) is 12.4. The van der Waals surface area contributed by atoms with Crippen LogP contribution in [-0.4, -0.2) is 23.9 Å². The monoisotopic (exact) mass is 235 g/mol. The minimum Gasteiger partial charge on any atom is -0.493 e. The summed E-state index contributed by atoms with van der Waals surface area (Å²) in [5, 5.41) is 12.6. The molecule has 3 heteroatoms. The zero-order valence-electron chi connectivity index (χ0n) is 10.6. The van der Waals surface area contributed by atoms with Crippen LogP contribution < -0.4 is 10.1 Å². The summed E-state index contributed by atoms with van der Waals surface area (Å²) < 4.78 is 5.75. The smallest absolute Gasteiger partial charge is 0.126 e. The summed E-state index contributed by atoms with van der Waals surface area (Å²) in [4.78, 5) is 0. The molecule has 0 spiro atoms. The fourth-order valence-corrected chi connectivity index (χ4v) is 1.99. The third kappa shape index (κ3) is 2.99. The lowest BCUT2D eigenvalue weighted by Gasteiger charge is -2.26. The minimum atomic E-state index is -0.253. The van der Waals surface area contributed by atoms with E-state index in [0.717, 1.165) is 31.7 Å². The van der Waals surface area contributed by atoms with Crippen molar-refractivity contribution in [3.63, 3.8) is 0 Å². The summed E-state index contributed by atoms with van der Waals surface area (Å²) in [7, 11) is 0. The van der Waals surface area contributed by atoms with Gasteiger partial charge in [-0.25, -0.2) is 0 Å². The van der Waals surface area contributed by atoms with E-state index in [1.54, 1.807) is 0 Å². The summed E-state index contributed by atoms with van der Waals surface area (Å²) in [6.07, 6.45) is 2.21. The number of benzene rings is 1.